The van der Waals surface area contributed by atoms with E-state index in [0.29, 0.717) is 11.5 Å². The van der Waals surface area contributed by atoms with Crippen molar-refractivity contribution >= 4 is 27.7 Å². The fraction of sp³-hybridized carbons (Fsp3) is 0.500. The average Bonchev–Trinajstić information content (AvgIpc) is 3.27. The molecule has 1 aromatic carbocycles. The van der Waals surface area contributed by atoms with E-state index < -0.39 is 18.1 Å². The van der Waals surface area contributed by atoms with E-state index in [1.807, 2.05) is 45.0 Å². The normalized spacial score (nSPS) is 21.0. The third kappa shape index (κ3) is 4.92. The standard InChI is InChI=1S/C22H28BrN3O4/c1-12(2)20(19-9-13(3)25-30-19)22(29)26-11-17(27)10-18(26)21(28)24-14(4)15-5-7-16(23)8-6-15/h5-9,12,14,17-18,20,27H,10-11H2,1-4H3,(H,24,28)/t14-,17+,18-,20+/m0/s1. The lowest BCUT2D eigenvalue weighted by Gasteiger charge is -2.29. The highest BCUT2D eigenvalue weighted by Gasteiger charge is 2.43. The minimum absolute atomic E-state index is 0.0482. The first kappa shape index (κ1) is 22.5. The van der Waals surface area contributed by atoms with Gasteiger partial charge in [-0.25, -0.2) is 0 Å². The maximum atomic E-state index is 13.4. The lowest BCUT2D eigenvalue weighted by molar-refractivity contribution is -0.141. The van der Waals surface area contributed by atoms with Crippen LogP contribution in [0.1, 0.15) is 56.2 Å². The molecule has 30 heavy (non-hydrogen) atoms. The van der Waals surface area contributed by atoms with Gasteiger partial charge in [-0.15, -0.1) is 0 Å². The van der Waals surface area contributed by atoms with Gasteiger partial charge in [0.05, 0.1) is 17.8 Å². The molecule has 8 heteroatoms. The molecule has 2 aromatic rings. The number of carbonyl (C=O) groups excluding carboxylic acids is 2. The molecule has 4 atom stereocenters. The molecule has 2 heterocycles. The van der Waals surface area contributed by atoms with Crippen LogP contribution in [0, 0.1) is 12.8 Å². The topological polar surface area (TPSA) is 95.7 Å². The Bertz CT molecular complexity index is 896. The van der Waals surface area contributed by atoms with Crippen LogP contribution in [0.15, 0.2) is 39.3 Å². The van der Waals surface area contributed by atoms with Gasteiger partial charge < -0.3 is 19.8 Å². The monoisotopic (exact) mass is 477 g/mol. The Morgan fingerprint density at radius 1 is 1.27 bits per heavy atom. The number of amides is 2. The van der Waals surface area contributed by atoms with Crippen molar-refractivity contribution in [3.05, 3.63) is 51.8 Å². The highest BCUT2D eigenvalue weighted by atomic mass is 79.9. The number of nitrogens with one attached hydrogen (secondary N) is 1. The molecule has 1 aliphatic heterocycles. The molecule has 1 saturated heterocycles. The van der Waals surface area contributed by atoms with Gasteiger partial charge in [0, 0.05) is 23.5 Å². The zero-order chi connectivity index (χ0) is 22.0. The van der Waals surface area contributed by atoms with E-state index in [1.54, 1.807) is 13.0 Å². The van der Waals surface area contributed by atoms with Crippen LogP contribution in [0.3, 0.4) is 0 Å². The van der Waals surface area contributed by atoms with Crippen molar-refractivity contribution in [2.24, 2.45) is 5.92 Å². The average molecular weight is 478 g/mol. The zero-order valence-corrected chi connectivity index (χ0v) is 19.2. The van der Waals surface area contributed by atoms with E-state index in [9.17, 15) is 14.7 Å². The van der Waals surface area contributed by atoms with Gasteiger partial charge in [-0.1, -0.05) is 47.1 Å². The number of nitrogens with zero attached hydrogens (tertiary/aromatic N) is 2. The van der Waals surface area contributed by atoms with E-state index in [4.69, 9.17) is 4.52 Å². The molecule has 0 aliphatic carbocycles. The van der Waals surface area contributed by atoms with Crippen LogP contribution in [0.2, 0.25) is 0 Å². The van der Waals surface area contributed by atoms with Crippen LogP contribution in [-0.2, 0) is 9.59 Å². The van der Waals surface area contributed by atoms with Gasteiger partial charge in [0.25, 0.3) is 0 Å². The maximum Gasteiger partial charge on any atom is 0.243 e. The number of likely N-dealkylation sites (tertiary alicyclic amines) is 1. The van der Waals surface area contributed by atoms with Crippen molar-refractivity contribution in [1.82, 2.24) is 15.4 Å². The van der Waals surface area contributed by atoms with E-state index in [0.717, 1.165) is 10.0 Å². The second-order valence-corrected chi connectivity index (χ2v) is 9.19. The summed E-state index contributed by atoms with van der Waals surface area (Å²) in [5.41, 5.74) is 1.66. The van der Waals surface area contributed by atoms with Crippen molar-refractivity contribution in [1.29, 1.82) is 0 Å². The fourth-order valence-electron chi connectivity index (χ4n) is 3.89. The molecule has 0 bridgehead atoms. The van der Waals surface area contributed by atoms with Gasteiger partial charge in [-0.05, 0) is 37.5 Å². The number of hydrogen-bond acceptors (Lipinski definition) is 5. The number of carbonyl (C=O) groups is 2. The summed E-state index contributed by atoms with van der Waals surface area (Å²) in [5, 5.41) is 17.1. The molecule has 1 aliphatic rings. The lowest BCUT2D eigenvalue weighted by atomic mass is 9.91. The summed E-state index contributed by atoms with van der Waals surface area (Å²) in [6, 6.07) is 8.50. The molecule has 3 rings (SSSR count). The Labute approximate surface area is 184 Å². The van der Waals surface area contributed by atoms with Crippen molar-refractivity contribution in [2.45, 2.75) is 58.2 Å². The molecule has 1 fully saturated rings. The molecule has 2 amide bonds. The molecule has 2 N–H and O–H groups in total. The molecular formula is C22H28BrN3O4. The highest BCUT2D eigenvalue weighted by Crippen LogP contribution is 2.31. The van der Waals surface area contributed by atoms with E-state index in [-0.39, 0.29) is 36.7 Å². The molecule has 0 radical (unpaired) electrons. The third-order valence-electron chi connectivity index (χ3n) is 5.48. The second-order valence-electron chi connectivity index (χ2n) is 8.27. The lowest BCUT2D eigenvalue weighted by Crippen LogP contribution is -2.48. The highest BCUT2D eigenvalue weighted by molar-refractivity contribution is 9.10. The van der Waals surface area contributed by atoms with Crippen LogP contribution in [0.5, 0.6) is 0 Å². The first-order valence-electron chi connectivity index (χ1n) is 10.1. The van der Waals surface area contributed by atoms with E-state index in [1.165, 1.54) is 4.90 Å². The van der Waals surface area contributed by atoms with Crippen LogP contribution in [0.4, 0.5) is 0 Å². The predicted octanol–water partition coefficient (Wildman–Crippen LogP) is 3.32. The van der Waals surface area contributed by atoms with Gasteiger partial charge in [-0.3, -0.25) is 9.59 Å². The number of benzene rings is 1. The van der Waals surface area contributed by atoms with Gasteiger partial charge >= 0.3 is 0 Å². The summed E-state index contributed by atoms with van der Waals surface area (Å²) < 4.78 is 6.32. The number of hydrogen-bond donors (Lipinski definition) is 2. The first-order valence-corrected chi connectivity index (χ1v) is 10.9. The Morgan fingerprint density at radius 3 is 2.50 bits per heavy atom. The van der Waals surface area contributed by atoms with Gasteiger partial charge in [-0.2, -0.15) is 0 Å². The minimum atomic E-state index is -0.739. The Hall–Kier alpha value is -2.19. The van der Waals surface area contributed by atoms with Crippen LogP contribution in [0.25, 0.3) is 0 Å². The molecule has 0 saturated carbocycles. The largest absolute Gasteiger partial charge is 0.391 e. The Morgan fingerprint density at radius 2 is 1.93 bits per heavy atom. The number of aromatic nitrogens is 1. The van der Waals surface area contributed by atoms with Crippen molar-refractivity contribution in [3.8, 4) is 0 Å². The van der Waals surface area contributed by atoms with Crippen LogP contribution in [-0.4, -0.2) is 45.7 Å². The van der Waals surface area contributed by atoms with Gasteiger partial charge in [0.15, 0.2) is 0 Å². The molecule has 0 spiro atoms. The number of β-amino-alcohol motifs (C(OH)–C–C–N with tert-alkyl or cyclic N) is 1. The predicted molar refractivity (Wildman–Crippen MR) is 116 cm³/mol. The zero-order valence-electron chi connectivity index (χ0n) is 17.6. The maximum absolute atomic E-state index is 13.4. The van der Waals surface area contributed by atoms with Crippen LogP contribution < -0.4 is 5.32 Å². The third-order valence-corrected chi connectivity index (χ3v) is 6.01. The van der Waals surface area contributed by atoms with Gasteiger partial charge in [0.2, 0.25) is 11.8 Å². The summed E-state index contributed by atoms with van der Waals surface area (Å²) in [4.78, 5) is 27.9. The SMILES string of the molecule is Cc1cc([C@H](C(=O)N2C[C@H](O)C[C@H]2C(=O)N[C@@H](C)c2ccc(Br)cc2)C(C)C)on1. The van der Waals surface area contributed by atoms with Crippen molar-refractivity contribution in [3.63, 3.8) is 0 Å². The van der Waals surface area contributed by atoms with E-state index in [2.05, 4.69) is 26.4 Å². The van der Waals surface area contributed by atoms with Crippen LogP contribution >= 0.6 is 15.9 Å². The number of halogens is 1. The molecule has 0 unspecified atom stereocenters. The van der Waals surface area contributed by atoms with E-state index >= 15 is 0 Å². The van der Waals surface area contributed by atoms with Gasteiger partial charge in [0.1, 0.15) is 17.7 Å². The number of aliphatic hydroxyl groups excluding tert-OH is 1. The number of aryl methyl sites for hydroxylation is 1. The van der Waals surface area contributed by atoms with Crippen molar-refractivity contribution in [2.75, 3.05) is 6.54 Å². The molecule has 1 aromatic heterocycles. The molecular weight excluding hydrogens is 450 g/mol. The fourth-order valence-corrected chi connectivity index (χ4v) is 4.16. The van der Waals surface area contributed by atoms with Crippen molar-refractivity contribution < 1.29 is 19.2 Å². The Balaban J connectivity index is 1.77. The quantitative estimate of drug-likeness (QED) is 0.664. The summed E-state index contributed by atoms with van der Waals surface area (Å²) in [6.07, 6.45) is -0.526. The minimum Gasteiger partial charge on any atom is -0.391 e. The number of aliphatic hydroxyl groups is 1. The Kier molecular flexibility index (Phi) is 6.98. The molecule has 162 valence electrons. The summed E-state index contributed by atoms with van der Waals surface area (Å²) in [5.74, 6) is -0.624. The summed E-state index contributed by atoms with van der Waals surface area (Å²) in [7, 11) is 0. The number of rotatable bonds is 6. The molecule has 7 nitrogen and oxygen atoms in total. The first-order chi connectivity index (χ1) is 14.2. The smallest absolute Gasteiger partial charge is 0.243 e. The second kappa shape index (κ2) is 9.31. The summed E-state index contributed by atoms with van der Waals surface area (Å²) in [6.45, 7) is 7.68. The summed E-state index contributed by atoms with van der Waals surface area (Å²) >= 11 is 3.40.